The second-order valence-electron chi connectivity index (χ2n) is 4.04. The first-order chi connectivity index (χ1) is 8.90. The summed E-state index contributed by atoms with van der Waals surface area (Å²) in [6.07, 6.45) is 0. The number of hydrogen-bond donors (Lipinski definition) is 0. The highest BCUT2D eigenvalue weighted by atomic mass is 79.9. The van der Waals surface area contributed by atoms with Crippen molar-refractivity contribution in [1.29, 1.82) is 0 Å². The Morgan fingerprint density at radius 2 is 1.84 bits per heavy atom. The van der Waals surface area contributed by atoms with Gasteiger partial charge in [0.2, 0.25) is 0 Å². The molecule has 0 aliphatic heterocycles. The molecule has 98 valence electrons. The Kier molecular flexibility index (Phi) is 4.02. The zero-order valence-electron chi connectivity index (χ0n) is 9.81. The normalized spacial score (nSPS) is 10.6. The van der Waals surface area contributed by atoms with Gasteiger partial charge in [-0.2, -0.15) is 0 Å². The van der Waals surface area contributed by atoms with Crippen molar-refractivity contribution in [3.05, 3.63) is 68.2 Å². The summed E-state index contributed by atoms with van der Waals surface area (Å²) in [5.41, 5.74) is 0.322. The molecule has 0 saturated carbocycles. The SMILES string of the molecule is Cc1ccc(C(=O)c2cc(Cl)c(Br)cc2F)cc1F. The minimum absolute atomic E-state index is 0.0837. The van der Waals surface area contributed by atoms with Crippen molar-refractivity contribution >= 4 is 33.3 Å². The molecule has 2 rings (SSSR count). The highest BCUT2D eigenvalue weighted by molar-refractivity contribution is 9.10. The standard InChI is InChI=1S/C14H8BrClF2O/c1-7-2-3-8(4-12(7)17)14(19)9-5-11(16)10(15)6-13(9)18/h2-6H,1H3. The van der Waals surface area contributed by atoms with Crippen molar-refractivity contribution in [3.8, 4) is 0 Å². The smallest absolute Gasteiger partial charge is 0.196 e. The fourth-order valence-corrected chi connectivity index (χ4v) is 2.07. The van der Waals surface area contributed by atoms with Crippen LogP contribution < -0.4 is 0 Å². The summed E-state index contributed by atoms with van der Waals surface area (Å²) >= 11 is 8.90. The van der Waals surface area contributed by atoms with Gasteiger partial charge in [-0.25, -0.2) is 8.78 Å². The van der Waals surface area contributed by atoms with Crippen LogP contribution in [0.25, 0.3) is 0 Å². The van der Waals surface area contributed by atoms with Gasteiger partial charge in [-0.1, -0.05) is 23.7 Å². The van der Waals surface area contributed by atoms with Crippen LogP contribution in [0.15, 0.2) is 34.8 Å². The van der Waals surface area contributed by atoms with Crippen LogP contribution in [-0.2, 0) is 0 Å². The van der Waals surface area contributed by atoms with Crippen LogP contribution in [0, 0.1) is 18.6 Å². The van der Waals surface area contributed by atoms with Crippen LogP contribution >= 0.6 is 27.5 Å². The zero-order chi connectivity index (χ0) is 14.2. The van der Waals surface area contributed by atoms with E-state index in [0.29, 0.717) is 10.0 Å². The van der Waals surface area contributed by atoms with Crippen molar-refractivity contribution < 1.29 is 13.6 Å². The number of benzene rings is 2. The second-order valence-corrected chi connectivity index (χ2v) is 5.30. The third kappa shape index (κ3) is 2.85. The molecule has 0 spiro atoms. The number of halogens is 4. The Balaban J connectivity index is 2.49. The summed E-state index contributed by atoms with van der Waals surface area (Å²) in [5.74, 6) is -1.82. The second kappa shape index (κ2) is 5.39. The average Bonchev–Trinajstić information content (AvgIpc) is 2.36. The Morgan fingerprint density at radius 3 is 2.47 bits per heavy atom. The predicted octanol–water partition coefficient (Wildman–Crippen LogP) is 4.92. The molecule has 5 heteroatoms. The van der Waals surface area contributed by atoms with Gasteiger partial charge in [-0.05, 0) is 46.6 Å². The minimum atomic E-state index is -0.706. The molecule has 19 heavy (non-hydrogen) atoms. The van der Waals surface area contributed by atoms with E-state index in [1.807, 2.05) is 0 Å². The summed E-state index contributed by atoms with van der Waals surface area (Å²) in [6.45, 7) is 1.58. The molecule has 2 aromatic carbocycles. The van der Waals surface area contributed by atoms with Gasteiger partial charge in [-0.15, -0.1) is 0 Å². The lowest BCUT2D eigenvalue weighted by Crippen LogP contribution is -2.05. The molecule has 0 amide bonds. The molecular weight excluding hydrogens is 338 g/mol. The molecule has 0 bridgehead atoms. The molecule has 0 N–H and O–H groups in total. The van der Waals surface area contributed by atoms with Gasteiger partial charge in [0.05, 0.1) is 10.6 Å². The molecule has 0 atom stereocenters. The van der Waals surface area contributed by atoms with Gasteiger partial charge in [0.1, 0.15) is 11.6 Å². The van der Waals surface area contributed by atoms with Gasteiger partial charge in [0.15, 0.2) is 5.78 Å². The maximum atomic E-state index is 13.7. The minimum Gasteiger partial charge on any atom is -0.288 e. The molecule has 1 nitrogen and oxygen atoms in total. The Morgan fingerprint density at radius 1 is 1.16 bits per heavy atom. The molecule has 0 unspecified atom stereocenters. The third-order valence-electron chi connectivity index (χ3n) is 2.69. The number of carbonyl (C=O) groups excluding carboxylic acids is 1. The lowest BCUT2D eigenvalue weighted by atomic mass is 10.0. The number of aryl methyl sites for hydroxylation is 1. The number of ketones is 1. The van der Waals surface area contributed by atoms with Crippen molar-refractivity contribution in [2.24, 2.45) is 0 Å². The summed E-state index contributed by atoms with van der Waals surface area (Å²) in [6, 6.07) is 6.35. The molecule has 2 aromatic rings. The molecule has 0 radical (unpaired) electrons. The molecular formula is C14H8BrClF2O. The predicted molar refractivity (Wildman–Crippen MR) is 73.7 cm³/mol. The Labute approximate surface area is 122 Å². The van der Waals surface area contributed by atoms with Crippen LogP contribution in [-0.4, -0.2) is 5.78 Å². The van der Waals surface area contributed by atoms with E-state index in [1.165, 1.54) is 18.2 Å². The highest BCUT2D eigenvalue weighted by Crippen LogP contribution is 2.27. The van der Waals surface area contributed by atoms with Crippen LogP contribution in [0.3, 0.4) is 0 Å². The van der Waals surface area contributed by atoms with E-state index in [2.05, 4.69) is 15.9 Å². The van der Waals surface area contributed by atoms with Crippen molar-refractivity contribution in [2.75, 3.05) is 0 Å². The Hall–Kier alpha value is -1.26. The van der Waals surface area contributed by atoms with Gasteiger partial charge in [0.25, 0.3) is 0 Å². The van der Waals surface area contributed by atoms with Gasteiger partial charge in [0, 0.05) is 10.0 Å². The van der Waals surface area contributed by atoms with E-state index >= 15 is 0 Å². The van der Waals surface area contributed by atoms with Crippen molar-refractivity contribution in [3.63, 3.8) is 0 Å². The first-order valence-electron chi connectivity index (χ1n) is 5.35. The van der Waals surface area contributed by atoms with E-state index in [-0.39, 0.29) is 16.1 Å². The van der Waals surface area contributed by atoms with Crippen LogP contribution in [0.2, 0.25) is 5.02 Å². The topological polar surface area (TPSA) is 17.1 Å². The molecule has 0 aliphatic carbocycles. The Bertz CT molecular complexity index is 671. The first kappa shape index (κ1) is 14.2. The van der Waals surface area contributed by atoms with E-state index in [9.17, 15) is 13.6 Å². The quantitative estimate of drug-likeness (QED) is 0.558. The van der Waals surface area contributed by atoms with Gasteiger partial charge < -0.3 is 0 Å². The molecule has 0 saturated heterocycles. The number of carbonyl (C=O) groups is 1. The van der Waals surface area contributed by atoms with Crippen LogP contribution in [0.1, 0.15) is 21.5 Å². The summed E-state index contributed by atoms with van der Waals surface area (Å²) in [4.78, 5) is 12.1. The van der Waals surface area contributed by atoms with Gasteiger partial charge in [-0.3, -0.25) is 4.79 Å². The third-order valence-corrected chi connectivity index (χ3v) is 3.89. The molecule has 0 heterocycles. The summed E-state index contributed by atoms with van der Waals surface area (Å²) < 4.78 is 27.5. The van der Waals surface area contributed by atoms with Crippen LogP contribution in [0.4, 0.5) is 8.78 Å². The maximum absolute atomic E-state index is 13.7. The summed E-state index contributed by atoms with van der Waals surface area (Å²) in [5, 5.41) is 0.220. The number of rotatable bonds is 2. The van der Waals surface area contributed by atoms with E-state index in [1.54, 1.807) is 6.92 Å². The molecule has 0 fully saturated rings. The maximum Gasteiger partial charge on any atom is 0.196 e. The monoisotopic (exact) mass is 344 g/mol. The van der Waals surface area contributed by atoms with E-state index < -0.39 is 17.4 Å². The lowest BCUT2D eigenvalue weighted by molar-refractivity contribution is 0.103. The average molecular weight is 346 g/mol. The highest BCUT2D eigenvalue weighted by Gasteiger charge is 2.17. The van der Waals surface area contributed by atoms with Crippen LogP contribution in [0.5, 0.6) is 0 Å². The fraction of sp³-hybridized carbons (Fsp3) is 0.0714. The van der Waals surface area contributed by atoms with Crippen molar-refractivity contribution in [2.45, 2.75) is 6.92 Å². The molecule has 0 aliphatic rings. The van der Waals surface area contributed by atoms with E-state index in [0.717, 1.165) is 12.1 Å². The van der Waals surface area contributed by atoms with E-state index in [4.69, 9.17) is 11.6 Å². The summed E-state index contributed by atoms with van der Waals surface area (Å²) in [7, 11) is 0. The fourth-order valence-electron chi connectivity index (χ4n) is 1.59. The number of hydrogen-bond acceptors (Lipinski definition) is 1. The zero-order valence-corrected chi connectivity index (χ0v) is 12.1. The largest absolute Gasteiger partial charge is 0.288 e. The van der Waals surface area contributed by atoms with Gasteiger partial charge >= 0.3 is 0 Å². The lowest BCUT2D eigenvalue weighted by Gasteiger charge is -2.06. The molecule has 0 aromatic heterocycles. The van der Waals surface area contributed by atoms with Crippen molar-refractivity contribution in [1.82, 2.24) is 0 Å². The first-order valence-corrected chi connectivity index (χ1v) is 6.52.